The molecule has 0 amide bonds. The highest BCUT2D eigenvalue weighted by Gasteiger charge is 2.29. The molecule has 3 rings (SSSR count). The molecular formula is C24H32NO2+. The maximum atomic E-state index is 12.6. The van der Waals surface area contributed by atoms with Crippen LogP contribution >= 0.6 is 0 Å². The van der Waals surface area contributed by atoms with Gasteiger partial charge in [-0.05, 0) is 50.7 Å². The maximum absolute atomic E-state index is 12.6. The third kappa shape index (κ3) is 5.20. The van der Waals surface area contributed by atoms with Crippen molar-refractivity contribution in [1.82, 2.24) is 0 Å². The number of hydrogen-bond donors (Lipinski definition) is 0. The highest BCUT2D eigenvalue weighted by atomic mass is 16.5. The van der Waals surface area contributed by atoms with Crippen LogP contribution in [-0.4, -0.2) is 36.7 Å². The van der Waals surface area contributed by atoms with Gasteiger partial charge in [-0.25, -0.2) is 4.79 Å². The molecule has 0 N–H and O–H groups in total. The van der Waals surface area contributed by atoms with Crippen molar-refractivity contribution >= 4 is 5.97 Å². The second-order valence-corrected chi connectivity index (χ2v) is 7.97. The highest BCUT2D eigenvalue weighted by Crippen LogP contribution is 2.23. The van der Waals surface area contributed by atoms with E-state index in [2.05, 4.69) is 30.3 Å². The molecule has 0 unspecified atom stereocenters. The van der Waals surface area contributed by atoms with Crippen molar-refractivity contribution in [1.29, 1.82) is 0 Å². The van der Waals surface area contributed by atoms with Crippen LogP contribution in [0.5, 0.6) is 0 Å². The number of likely N-dealkylation sites (tertiary alicyclic amines) is 1. The van der Waals surface area contributed by atoms with Crippen molar-refractivity contribution in [2.45, 2.75) is 46.1 Å². The van der Waals surface area contributed by atoms with E-state index in [0.29, 0.717) is 6.61 Å². The first-order chi connectivity index (χ1) is 13.1. The number of hydrogen-bond acceptors (Lipinski definition) is 2. The lowest BCUT2D eigenvalue weighted by atomic mass is 10.0. The average molecular weight is 367 g/mol. The van der Waals surface area contributed by atoms with Gasteiger partial charge in [0, 0.05) is 5.56 Å². The molecule has 0 aromatic heterocycles. The third-order valence-corrected chi connectivity index (χ3v) is 5.86. The Morgan fingerprint density at radius 3 is 2.15 bits per heavy atom. The number of benzene rings is 2. The summed E-state index contributed by atoms with van der Waals surface area (Å²) in [4.78, 5) is 12.6. The lowest BCUT2D eigenvalue weighted by Gasteiger charge is -2.38. The van der Waals surface area contributed by atoms with E-state index in [0.717, 1.165) is 34.3 Å². The van der Waals surface area contributed by atoms with E-state index in [9.17, 15) is 4.79 Å². The molecular weight excluding hydrogens is 334 g/mol. The number of nitrogens with zero attached hydrogens (tertiary/aromatic N) is 1. The number of esters is 1. The Hall–Kier alpha value is -2.13. The lowest BCUT2D eigenvalue weighted by Crippen LogP contribution is -2.50. The molecule has 1 heterocycles. The van der Waals surface area contributed by atoms with E-state index in [1.54, 1.807) is 0 Å². The van der Waals surface area contributed by atoms with Gasteiger partial charge in [-0.3, -0.25) is 0 Å². The Morgan fingerprint density at radius 1 is 0.889 bits per heavy atom. The standard InChI is InChI=1S/C24H32NO2/c1-20-11-10-12-21(2)23(20)24(26)27-18-17-25(15-8-3-4-9-16-25)19-22-13-6-5-7-14-22/h5-7,10-14H,3-4,8-9,15-19H2,1-2H3/q+1. The second-order valence-electron chi connectivity index (χ2n) is 7.97. The van der Waals surface area contributed by atoms with Crippen LogP contribution in [0.3, 0.4) is 0 Å². The van der Waals surface area contributed by atoms with Gasteiger partial charge in [-0.2, -0.15) is 0 Å². The molecule has 0 aliphatic carbocycles. The maximum Gasteiger partial charge on any atom is 0.338 e. The first-order valence-corrected chi connectivity index (χ1v) is 10.2. The van der Waals surface area contributed by atoms with Crippen LogP contribution in [0.2, 0.25) is 0 Å². The monoisotopic (exact) mass is 366 g/mol. The summed E-state index contributed by atoms with van der Waals surface area (Å²) in [6, 6.07) is 16.7. The summed E-state index contributed by atoms with van der Waals surface area (Å²) in [5.74, 6) is -0.182. The van der Waals surface area contributed by atoms with E-state index in [4.69, 9.17) is 4.74 Å². The first kappa shape index (κ1) is 19.6. The molecule has 27 heavy (non-hydrogen) atoms. The largest absolute Gasteiger partial charge is 0.456 e. The molecule has 2 aromatic carbocycles. The number of carbonyl (C=O) groups is 1. The Bertz CT molecular complexity index is 726. The summed E-state index contributed by atoms with van der Waals surface area (Å²) in [7, 11) is 0. The summed E-state index contributed by atoms with van der Waals surface area (Å²) in [6.45, 7) is 8.71. The SMILES string of the molecule is Cc1cccc(C)c1C(=O)OCC[N+]1(Cc2ccccc2)CCCCCC1. The van der Waals surface area contributed by atoms with Crippen LogP contribution < -0.4 is 0 Å². The molecule has 0 radical (unpaired) electrons. The van der Waals surface area contributed by atoms with Crippen LogP contribution in [0.4, 0.5) is 0 Å². The van der Waals surface area contributed by atoms with Gasteiger partial charge in [-0.1, -0.05) is 48.5 Å². The number of rotatable bonds is 6. The summed E-state index contributed by atoms with van der Waals surface area (Å²) in [5, 5.41) is 0. The van der Waals surface area contributed by atoms with E-state index in [1.807, 2.05) is 32.0 Å². The summed E-state index contributed by atoms with van der Waals surface area (Å²) < 4.78 is 6.77. The smallest absolute Gasteiger partial charge is 0.338 e. The van der Waals surface area contributed by atoms with Gasteiger partial charge in [0.15, 0.2) is 0 Å². The van der Waals surface area contributed by atoms with Gasteiger partial charge in [0.1, 0.15) is 19.7 Å². The predicted molar refractivity (Wildman–Crippen MR) is 110 cm³/mol. The number of carbonyl (C=O) groups excluding carboxylic acids is 1. The quantitative estimate of drug-likeness (QED) is 0.528. The molecule has 1 fully saturated rings. The van der Waals surface area contributed by atoms with Crippen LogP contribution in [0.15, 0.2) is 48.5 Å². The highest BCUT2D eigenvalue weighted by molar-refractivity contribution is 5.92. The van der Waals surface area contributed by atoms with Crippen LogP contribution in [-0.2, 0) is 11.3 Å². The Balaban J connectivity index is 1.66. The second kappa shape index (κ2) is 9.18. The zero-order valence-electron chi connectivity index (χ0n) is 16.7. The predicted octanol–water partition coefficient (Wildman–Crippen LogP) is 5.05. The molecule has 0 spiro atoms. The van der Waals surface area contributed by atoms with E-state index >= 15 is 0 Å². The van der Waals surface area contributed by atoms with E-state index < -0.39 is 0 Å². The number of ether oxygens (including phenoxy) is 1. The molecule has 2 aromatic rings. The Labute approximate surface area is 163 Å². The summed E-state index contributed by atoms with van der Waals surface area (Å²) in [6.07, 6.45) is 5.16. The molecule has 0 bridgehead atoms. The molecule has 1 aliphatic rings. The van der Waals surface area contributed by atoms with Crippen molar-refractivity contribution in [3.8, 4) is 0 Å². The van der Waals surface area contributed by atoms with Crippen LogP contribution in [0.25, 0.3) is 0 Å². The van der Waals surface area contributed by atoms with Gasteiger partial charge in [0.05, 0.1) is 18.7 Å². The zero-order chi connectivity index (χ0) is 19.1. The van der Waals surface area contributed by atoms with Gasteiger partial charge in [-0.15, -0.1) is 0 Å². The molecule has 0 saturated carbocycles. The summed E-state index contributed by atoms with van der Waals surface area (Å²) >= 11 is 0. The fraction of sp³-hybridized carbons (Fsp3) is 0.458. The van der Waals surface area contributed by atoms with E-state index in [-0.39, 0.29) is 5.97 Å². The van der Waals surface area contributed by atoms with Crippen molar-refractivity contribution in [2.24, 2.45) is 0 Å². The fourth-order valence-corrected chi connectivity index (χ4v) is 4.33. The van der Waals surface area contributed by atoms with Crippen LogP contribution in [0.1, 0.15) is 52.7 Å². The van der Waals surface area contributed by atoms with Gasteiger partial charge >= 0.3 is 5.97 Å². The van der Waals surface area contributed by atoms with Gasteiger partial charge in [0.25, 0.3) is 0 Å². The minimum absolute atomic E-state index is 0.182. The summed E-state index contributed by atoms with van der Waals surface area (Å²) in [5.41, 5.74) is 4.08. The van der Waals surface area contributed by atoms with Crippen molar-refractivity contribution in [3.05, 3.63) is 70.8 Å². The topological polar surface area (TPSA) is 26.3 Å². The number of quaternary nitrogens is 1. The first-order valence-electron chi connectivity index (χ1n) is 10.2. The minimum Gasteiger partial charge on any atom is -0.456 e. The van der Waals surface area contributed by atoms with Crippen molar-refractivity contribution < 1.29 is 14.0 Å². The Morgan fingerprint density at radius 2 is 1.52 bits per heavy atom. The molecule has 1 aliphatic heterocycles. The van der Waals surface area contributed by atoms with E-state index in [1.165, 1.54) is 44.3 Å². The number of aryl methyl sites for hydroxylation is 2. The third-order valence-electron chi connectivity index (χ3n) is 5.86. The lowest BCUT2D eigenvalue weighted by molar-refractivity contribution is -0.940. The molecule has 3 heteroatoms. The Kier molecular flexibility index (Phi) is 6.68. The average Bonchev–Trinajstić information content (AvgIpc) is 2.88. The normalized spacial score (nSPS) is 16.5. The van der Waals surface area contributed by atoms with Crippen molar-refractivity contribution in [3.63, 3.8) is 0 Å². The van der Waals surface area contributed by atoms with Gasteiger partial charge in [0.2, 0.25) is 0 Å². The molecule has 1 saturated heterocycles. The molecule has 3 nitrogen and oxygen atoms in total. The molecule has 144 valence electrons. The minimum atomic E-state index is -0.182. The van der Waals surface area contributed by atoms with Crippen molar-refractivity contribution in [2.75, 3.05) is 26.2 Å². The zero-order valence-corrected chi connectivity index (χ0v) is 16.7. The molecule has 0 atom stereocenters. The van der Waals surface area contributed by atoms with Crippen LogP contribution in [0, 0.1) is 13.8 Å². The van der Waals surface area contributed by atoms with Gasteiger partial charge < -0.3 is 9.22 Å². The fourth-order valence-electron chi connectivity index (χ4n) is 4.33.